The Labute approximate surface area is 109 Å². The molecule has 1 N–H and O–H groups in total. The number of benzene rings is 2. The number of aryl methyl sites for hydroxylation is 1. The zero-order chi connectivity index (χ0) is 13.1. The third-order valence-electron chi connectivity index (χ3n) is 2.67. The van der Waals surface area contributed by atoms with Gasteiger partial charge in [-0.1, -0.05) is 29.8 Å². The second kappa shape index (κ2) is 5.36. The first-order chi connectivity index (χ1) is 8.58. The lowest BCUT2D eigenvalue weighted by Crippen LogP contribution is -2.04. The van der Waals surface area contributed by atoms with E-state index in [0.717, 1.165) is 5.56 Å². The fraction of sp³-hybridized carbons (Fsp3) is 0.143. The van der Waals surface area contributed by atoms with Crippen LogP contribution in [0.25, 0.3) is 0 Å². The van der Waals surface area contributed by atoms with Gasteiger partial charge in [0, 0.05) is 11.6 Å². The Morgan fingerprint density at radius 2 is 1.72 bits per heavy atom. The van der Waals surface area contributed by atoms with E-state index in [9.17, 15) is 8.78 Å². The quantitative estimate of drug-likeness (QED) is 0.861. The number of hydrogen-bond donors (Lipinski definition) is 1. The van der Waals surface area contributed by atoms with Crippen molar-refractivity contribution in [3.8, 4) is 0 Å². The molecule has 2 aromatic carbocycles. The van der Waals surface area contributed by atoms with E-state index in [4.69, 9.17) is 11.6 Å². The molecule has 94 valence electrons. The number of hydrogen-bond acceptors (Lipinski definition) is 1. The van der Waals surface area contributed by atoms with Gasteiger partial charge in [-0.25, -0.2) is 8.78 Å². The Morgan fingerprint density at radius 3 is 2.39 bits per heavy atom. The van der Waals surface area contributed by atoms with Crippen LogP contribution in [0, 0.1) is 18.6 Å². The van der Waals surface area contributed by atoms with Crippen LogP contribution in [0.2, 0.25) is 5.02 Å². The van der Waals surface area contributed by atoms with Crippen LogP contribution in [0.15, 0.2) is 36.4 Å². The second-order valence-electron chi connectivity index (χ2n) is 4.03. The minimum Gasteiger partial charge on any atom is -0.376 e. The molecule has 0 heterocycles. The summed E-state index contributed by atoms with van der Waals surface area (Å²) in [4.78, 5) is 0. The van der Waals surface area contributed by atoms with Crippen LogP contribution in [-0.4, -0.2) is 0 Å². The highest BCUT2D eigenvalue weighted by Gasteiger charge is 2.10. The van der Waals surface area contributed by atoms with Crippen LogP contribution in [0.3, 0.4) is 0 Å². The maximum Gasteiger partial charge on any atom is 0.152 e. The van der Waals surface area contributed by atoms with E-state index in [1.165, 1.54) is 12.1 Å². The fourth-order valence-electron chi connectivity index (χ4n) is 1.61. The molecule has 0 spiro atoms. The standard InChI is InChI=1S/C14H12ClF2N/c1-9-2-7-12(16)14(13(9)17)18-8-10-3-5-11(15)6-4-10/h2-7,18H,8H2,1H3. The molecule has 0 aromatic heterocycles. The largest absolute Gasteiger partial charge is 0.376 e. The van der Waals surface area contributed by atoms with Gasteiger partial charge in [-0.05, 0) is 36.2 Å². The number of anilines is 1. The number of nitrogens with one attached hydrogen (secondary N) is 1. The lowest BCUT2D eigenvalue weighted by atomic mass is 10.1. The van der Waals surface area contributed by atoms with Crippen molar-refractivity contribution in [1.82, 2.24) is 0 Å². The summed E-state index contributed by atoms with van der Waals surface area (Å²) >= 11 is 5.76. The smallest absolute Gasteiger partial charge is 0.152 e. The molecule has 1 nitrogen and oxygen atoms in total. The molecule has 0 amide bonds. The highest BCUT2D eigenvalue weighted by molar-refractivity contribution is 6.30. The molecule has 0 saturated carbocycles. The maximum atomic E-state index is 13.7. The SMILES string of the molecule is Cc1ccc(F)c(NCc2ccc(Cl)cc2)c1F. The summed E-state index contributed by atoms with van der Waals surface area (Å²) in [5.41, 5.74) is 1.22. The van der Waals surface area contributed by atoms with E-state index in [-0.39, 0.29) is 5.69 Å². The molecule has 2 aromatic rings. The van der Waals surface area contributed by atoms with E-state index in [0.29, 0.717) is 17.1 Å². The van der Waals surface area contributed by atoms with Crippen molar-refractivity contribution in [2.75, 3.05) is 5.32 Å². The van der Waals surface area contributed by atoms with Crippen molar-refractivity contribution >= 4 is 17.3 Å². The maximum absolute atomic E-state index is 13.7. The summed E-state index contributed by atoms with van der Waals surface area (Å²) < 4.78 is 27.2. The normalized spacial score (nSPS) is 10.4. The minimum atomic E-state index is -0.591. The first-order valence-electron chi connectivity index (χ1n) is 5.51. The first kappa shape index (κ1) is 12.8. The molecule has 0 unspecified atom stereocenters. The van der Waals surface area contributed by atoms with Crippen molar-refractivity contribution in [3.63, 3.8) is 0 Å². The molecule has 0 bridgehead atoms. The molecule has 0 saturated heterocycles. The molecule has 0 fully saturated rings. The highest BCUT2D eigenvalue weighted by Crippen LogP contribution is 2.22. The van der Waals surface area contributed by atoms with Gasteiger partial charge < -0.3 is 5.32 Å². The van der Waals surface area contributed by atoms with E-state index in [1.807, 2.05) is 0 Å². The summed E-state index contributed by atoms with van der Waals surface area (Å²) in [7, 11) is 0. The van der Waals surface area contributed by atoms with Gasteiger partial charge in [-0.2, -0.15) is 0 Å². The van der Waals surface area contributed by atoms with Crippen LogP contribution >= 0.6 is 11.6 Å². The Balaban J connectivity index is 2.15. The predicted octanol–water partition coefficient (Wildman–Crippen LogP) is 4.54. The molecule has 0 aliphatic rings. The van der Waals surface area contributed by atoms with Gasteiger partial charge in [0.1, 0.15) is 11.5 Å². The van der Waals surface area contributed by atoms with Crippen LogP contribution < -0.4 is 5.32 Å². The van der Waals surface area contributed by atoms with E-state index in [1.54, 1.807) is 31.2 Å². The summed E-state index contributed by atoms with van der Waals surface area (Å²) in [6.45, 7) is 1.94. The molecular weight excluding hydrogens is 256 g/mol. The molecule has 0 aliphatic carbocycles. The van der Waals surface area contributed by atoms with Crippen molar-refractivity contribution < 1.29 is 8.78 Å². The summed E-state index contributed by atoms with van der Waals surface area (Å²) in [6.07, 6.45) is 0. The average Bonchev–Trinajstić information content (AvgIpc) is 2.36. The topological polar surface area (TPSA) is 12.0 Å². The summed E-state index contributed by atoms with van der Waals surface area (Å²) in [6, 6.07) is 9.76. The van der Waals surface area contributed by atoms with Gasteiger partial charge in [0.25, 0.3) is 0 Å². The predicted molar refractivity (Wildman–Crippen MR) is 69.9 cm³/mol. The van der Waals surface area contributed by atoms with Gasteiger partial charge in [-0.3, -0.25) is 0 Å². The van der Waals surface area contributed by atoms with Crippen molar-refractivity contribution in [1.29, 1.82) is 0 Å². The molecule has 18 heavy (non-hydrogen) atoms. The Kier molecular flexibility index (Phi) is 3.82. The Hall–Kier alpha value is -1.61. The van der Waals surface area contributed by atoms with Gasteiger partial charge in [0.15, 0.2) is 5.82 Å². The van der Waals surface area contributed by atoms with Gasteiger partial charge in [-0.15, -0.1) is 0 Å². The van der Waals surface area contributed by atoms with Crippen molar-refractivity contribution in [2.45, 2.75) is 13.5 Å². The first-order valence-corrected chi connectivity index (χ1v) is 5.88. The van der Waals surface area contributed by atoms with Crippen LogP contribution in [0.1, 0.15) is 11.1 Å². The third-order valence-corrected chi connectivity index (χ3v) is 2.92. The van der Waals surface area contributed by atoms with E-state index < -0.39 is 11.6 Å². The highest BCUT2D eigenvalue weighted by atomic mass is 35.5. The van der Waals surface area contributed by atoms with E-state index in [2.05, 4.69) is 5.32 Å². The number of rotatable bonds is 3. The van der Waals surface area contributed by atoms with Crippen LogP contribution in [0.4, 0.5) is 14.5 Å². The minimum absolute atomic E-state index is 0.0926. The zero-order valence-corrected chi connectivity index (χ0v) is 10.6. The monoisotopic (exact) mass is 267 g/mol. The second-order valence-corrected chi connectivity index (χ2v) is 4.47. The zero-order valence-electron chi connectivity index (χ0n) is 9.81. The molecule has 0 aliphatic heterocycles. The fourth-order valence-corrected chi connectivity index (χ4v) is 1.74. The Morgan fingerprint density at radius 1 is 1.06 bits per heavy atom. The molecule has 0 atom stereocenters. The summed E-state index contributed by atoms with van der Waals surface area (Å²) in [5.74, 6) is -1.14. The van der Waals surface area contributed by atoms with Gasteiger partial charge in [0.2, 0.25) is 0 Å². The Bertz CT molecular complexity index is 552. The number of halogens is 3. The van der Waals surface area contributed by atoms with E-state index >= 15 is 0 Å². The molecule has 0 radical (unpaired) electrons. The lowest BCUT2D eigenvalue weighted by Gasteiger charge is -2.10. The average molecular weight is 268 g/mol. The van der Waals surface area contributed by atoms with Crippen molar-refractivity contribution in [3.05, 3.63) is 64.2 Å². The van der Waals surface area contributed by atoms with Crippen molar-refractivity contribution in [2.24, 2.45) is 0 Å². The van der Waals surface area contributed by atoms with Crippen LogP contribution in [-0.2, 0) is 6.54 Å². The van der Waals surface area contributed by atoms with Gasteiger partial charge in [0.05, 0.1) is 0 Å². The molecule has 2 rings (SSSR count). The van der Waals surface area contributed by atoms with Crippen LogP contribution in [0.5, 0.6) is 0 Å². The third kappa shape index (κ3) is 2.79. The lowest BCUT2D eigenvalue weighted by molar-refractivity contribution is 0.582. The van der Waals surface area contributed by atoms with Gasteiger partial charge >= 0.3 is 0 Å². The molecular formula is C14H12ClF2N. The molecule has 4 heteroatoms. The summed E-state index contributed by atoms with van der Waals surface area (Å²) in [5, 5.41) is 3.40.